The van der Waals surface area contributed by atoms with Gasteiger partial charge in [0, 0.05) is 10.9 Å². The highest BCUT2D eigenvalue weighted by Gasteiger charge is 2.04. The Labute approximate surface area is 111 Å². The molecule has 0 amide bonds. The Morgan fingerprint density at radius 1 is 1.12 bits per heavy atom. The molecule has 1 atom stereocenters. The van der Waals surface area contributed by atoms with E-state index in [2.05, 4.69) is 34.3 Å². The average molecular weight is 265 g/mol. The molecule has 0 saturated heterocycles. The number of nitrogens with two attached hydrogens (primary N) is 1. The zero-order valence-electron chi connectivity index (χ0n) is 9.97. The van der Waals surface area contributed by atoms with E-state index in [0.717, 1.165) is 19.3 Å². The fourth-order valence-corrected chi connectivity index (χ4v) is 3.38. The SMILES string of the molecule is NC(CCCc1cccs1)CCc1ccsc1. The Morgan fingerprint density at radius 2 is 2.06 bits per heavy atom. The van der Waals surface area contributed by atoms with Gasteiger partial charge >= 0.3 is 0 Å². The first-order valence-corrected chi connectivity index (χ1v) is 7.96. The summed E-state index contributed by atoms with van der Waals surface area (Å²) in [6.45, 7) is 0. The molecule has 0 bridgehead atoms. The lowest BCUT2D eigenvalue weighted by Gasteiger charge is -2.10. The van der Waals surface area contributed by atoms with Crippen molar-refractivity contribution >= 4 is 22.7 Å². The number of thiophene rings is 2. The predicted octanol–water partition coefficient (Wildman–Crippen LogP) is 4.09. The summed E-state index contributed by atoms with van der Waals surface area (Å²) in [6, 6.07) is 6.89. The summed E-state index contributed by atoms with van der Waals surface area (Å²) in [7, 11) is 0. The largest absolute Gasteiger partial charge is 0.328 e. The van der Waals surface area contributed by atoms with Gasteiger partial charge in [0.2, 0.25) is 0 Å². The van der Waals surface area contributed by atoms with Crippen molar-refractivity contribution in [3.8, 4) is 0 Å². The third-order valence-electron chi connectivity index (χ3n) is 2.96. The van der Waals surface area contributed by atoms with E-state index >= 15 is 0 Å². The van der Waals surface area contributed by atoms with Gasteiger partial charge in [-0.1, -0.05) is 6.07 Å². The molecule has 1 unspecified atom stereocenters. The highest BCUT2D eigenvalue weighted by atomic mass is 32.1. The molecule has 2 aromatic heterocycles. The van der Waals surface area contributed by atoms with Crippen LogP contribution in [0.15, 0.2) is 34.3 Å². The van der Waals surface area contributed by atoms with Crippen molar-refractivity contribution in [3.63, 3.8) is 0 Å². The topological polar surface area (TPSA) is 26.0 Å². The Balaban J connectivity index is 1.59. The maximum atomic E-state index is 6.14. The van der Waals surface area contributed by atoms with Crippen LogP contribution in [0, 0.1) is 0 Å². The summed E-state index contributed by atoms with van der Waals surface area (Å²) in [5, 5.41) is 6.50. The number of hydrogen-bond acceptors (Lipinski definition) is 3. The zero-order valence-corrected chi connectivity index (χ0v) is 11.6. The Bertz CT molecular complexity index is 392. The van der Waals surface area contributed by atoms with Crippen LogP contribution in [-0.4, -0.2) is 6.04 Å². The molecule has 0 radical (unpaired) electrons. The summed E-state index contributed by atoms with van der Waals surface area (Å²) in [5.41, 5.74) is 7.57. The molecule has 2 heterocycles. The summed E-state index contributed by atoms with van der Waals surface area (Å²) in [5.74, 6) is 0. The van der Waals surface area contributed by atoms with Gasteiger partial charge in [-0.05, 0) is 65.9 Å². The van der Waals surface area contributed by atoms with Crippen molar-refractivity contribution in [1.29, 1.82) is 0 Å². The van der Waals surface area contributed by atoms with Gasteiger partial charge in [-0.15, -0.1) is 11.3 Å². The maximum absolute atomic E-state index is 6.14. The van der Waals surface area contributed by atoms with Crippen LogP contribution in [0.5, 0.6) is 0 Å². The van der Waals surface area contributed by atoms with Crippen molar-refractivity contribution in [2.24, 2.45) is 5.73 Å². The summed E-state index contributed by atoms with van der Waals surface area (Å²) in [4.78, 5) is 1.48. The average Bonchev–Trinajstić information content (AvgIpc) is 2.99. The van der Waals surface area contributed by atoms with Gasteiger partial charge in [0.1, 0.15) is 0 Å². The lowest BCUT2D eigenvalue weighted by Crippen LogP contribution is -2.20. The summed E-state index contributed by atoms with van der Waals surface area (Å²) in [6.07, 6.45) is 5.78. The monoisotopic (exact) mass is 265 g/mol. The highest BCUT2D eigenvalue weighted by Crippen LogP contribution is 2.14. The van der Waals surface area contributed by atoms with E-state index < -0.39 is 0 Å². The van der Waals surface area contributed by atoms with Crippen molar-refractivity contribution in [2.75, 3.05) is 0 Å². The molecule has 2 aromatic rings. The van der Waals surface area contributed by atoms with Gasteiger partial charge < -0.3 is 5.73 Å². The molecule has 3 heteroatoms. The van der Waals surface area contributed by atoms with Crippen molar-refractivity contribution in [3.05, 3.63) is 44.8 Å². The van der Waals surface area contributed by atoms with E-state index in [-0.39, 0.29) is 0 Å². The van der Waals surface area contributed by atoms with Gasteiger partial charge in [-0.2, -0.15) is 11.3 Å². The van der Waals surface area contributed by atoms with Crippen LogP contribution in [0.3, 0.4) is 0 Å². The van der Waals surface area contributed by atoms with Crippen LogP contribution in [0.2, 0.25) is 0 Å². The second kappa shape index (κ2) is 6.94. The van der Waals surface area contributed by atoms with Gasteiger partial charge in [-0.25, -0.2) is 0 Å². The quantitative estimate of drug-likeness (QED) is 0.801. The van der Waals surface area contributed by atoms with E-state index in [9.17, 15) is 0 Å². The van der Waals surface area contributed by atoms with E-state index in [1.807, 2.05) is 11.3 Å². The minimum atomic E-state index is 0.356. The number of rotatable bonds is 7. The van der Waals surface area contributed by atoms with Crippen molar-refractivity contribution in [2.45, 2.75) is 38.1 Å². The molecule has 2 rings (SSSR count). The molecular formula is C14H19NS2. The molecule has 17 heavy (non-hydrogen) atoms. The number of aryl methyl sites for hydroxylation is 2. The van der Waals surface area contributed by atoms with Crippen LogP contribution in [0.1, 0.15) is 29.7 Å². The van der Waals surface area contributed by atoms with Crippen molar-refractivity contribution < 1.29 is 0 Å². The number of hydrogen-bond donors (Lipinski definition) is 1. The molecular weight excluding hydrogens is 246 g/mol. The molecule has 92 valence electrons. The first kappa shape index (κ1) is 12.8. The minimum absolute atomic E-state index is 0.356. The smallest absolute Gasteiger partial charge is 0.00452 e. The minimum Gasteiger partial charge on any atom is -0.328 e. The summed E-state index contributed by atoms with van der Waals surface area (Å²) >= 11 is 3.61. The third kappa shape index (κ3) is 4.62. The zero-order chi connectivity index (χ0) is 11.9. The molecule has 0 spiro atoms. The normalized spacial score (nSPS) is 12.8. The lowest BCUT2D eigenvalue weighted by atomic mass is 10.0. The van der Waals surface area contributed by atoms with Gasteiger partial charge in [0.15, 0.2) is 0 Å². The molecule has 2 N–H and O–H groups in total. The summed E-state index contributed by atoms with van der Waals surface area (Å²) < 4.78 is 0. The van der Waals surface area contributed by atoms with Crippen LogP contribution in [-0.2, 0) is 12.8 Å². The molecule has 0 aliphatic carbocycles. The molecule has 0 aromatic carbocycles. The van der Waals surface area contributed by atoms with Gasteiger partial charge in [0.25, 0.3) is 0 Å². The molecule has 1 nitrogen and oxygen atoms in total. The van der Waals surface area contributed by atoms with Crippen LogP contribution >= 0.6 is 22.7 Å². The molecule has 0 aliphatic heterocycles. The second-order valence-electron chi connectivity index (χ2n) is 4.40. The Kier molecular flexibility index (Phi) is 5.23. The first-order chi connectivity index (χ1) is 8.34. The Hall–Kier alpha value is -0.640. The van der Waals surface area contributed by atoms with Crippen molar-refractivity contribution in [1.82, 2.24) is 0 Å². The fraction of sp³-hybridized carbons (Fsp3) is 0.429. The standard InChI is InChI=1S/C14H19NS2/c15-13(7-6-12-8-10-16-11-12)3-1-4-14-5-2-9-17-14/h2,5,8-11,13H,1,3-4,6-7,15H2. The molecule has 0 aliphatic rings. The van der Waals surface area contributed by atoms with E-state index in [0.29, 0.717) is 6.04 Å². The maximum Gasteiger partial charge on any atom is 0.00452 e. The van der Waals surface area contributed by atoms with E-state index in [1.165, 1.54) is 23.3 Å². The van der Waals surface area contributed by atoms with Crippen LogP contribution < -0.4 is 5.73 Å². The fourth-order valence-electron chi connectivity index (χ4n) is 1.92. The van der Waals surface area contributed by atoms with Crippen LogP contribution in [0.4, 0.5) is 0 Å². The Morgan fingerprint density at radius 3 is 2.76 bits per heavy atom. The van der Waals surface area contributed by atoms with E-state index in [4.69, 9.17) is 5.73 Å². The third-order valence-corrected chi connectivity index (χ3v) is 4.63. The van der Waals surface area contributed by atoms with Gasteiger partial charge in [0.05, 0.1) is 0 Å². The first-order valence-electron chi connectivity index (χ1n) is 6.13. The van der Waals surface area contributed by atoms with Crippen LogP contribution in [0.25, 0.3) is 0 Å². The highest BCUT2D eigenvalue weighted by molar-refractivity contribution is 7.09. The van der Waals surface area contributed by atoms with Gasteiger partial charge in [-0.3, -0.25) is 0 Å². The second-order valence-corrected chi connectivity index (χ2v) is 6.21. The molecule has 0 saturated carbocycles. The predicted molar refractivity (Wildman–Crippen MR) is 77.9 cm³/mol. The lowest BCUT2D eigenvalue weighted by molar-refractivity contribution is 0.547. The molecule has 0 fully saturated rings. The van der Waals surface area contributed by atoms with E-state index in [1.54, 1.807) is 11.3 Å².